The third-order valence-electron chi connectivity index (χ3n) is 2.20. The largest absolute Gasteiger partial charge is 0.384 e. The van der Waals surface area contributed by atoms with E-state index in [2.05, 4.69) is 20.5 Å². The molecule has 0 amide bonds. The Hall–Kier alpha value is -1.85. The maximum absolute atomic E-state index is 5.86. The Labute approximate surface area is 81.1 Å². The van der Waals surface area contributed by atoms with Crippen LogP contribution in [0.15, 0.2) is 6.20 Å². The Morgan fingerprint density at radius 3 is 2.93 bits per heavy atom. The van der Waals surface area contributed by atoms with E-state index in [0.29, 0.717) is 5.82 Å². The van der Waals surface area contributed by atoms with E-state index in [0.717, 1.165) is 23.4 Å². The van der Waals surface area contributed by atoms with Gasteiger partial charge in [0.15, 0.2) is 0 Å². The van der Waals surface area contributed by atoms with Gasteiger partial charge in [0.25, 0.3) is 0 Å². The van der Waals surface area contributed by atoms with Crippen LogP contribution < -0.4 is 5.73 Å². The van der Waals surface area contributed by atoms with Crippen molar-refractivity contribution in [2.24, 2.45) is 7.05 Å². The van der Waals surface area contributed by atoms with E-state index < -0.39 is 0 Å². The molecular formula is C8H12N6. The molecule has 0 unspecified atom stereocenters. The number of hydrogen-bond donors (Lipinski definition) is 2. The third-order valence-corrected chi connectivity index (χ3v) is 2.20. The summed E-state index contributed by atoms with van der Waals surface area (Å²) in [6.45, 7) is 2.04. The number of nitrogens with two attached hydrogens (primary N) is 1. The number of hydrogen-bond acceptors (Lipinski definition) is 4. The van der Waals surface area contributed by atoms with Gasteiger partial charge in [0, 0.05) is 12.6 Å². The van der Waals surface area contributed by atoms with Gasteiger partial charge in [-0.05, 0) is 6.42 Å². The van der Waals surface area contributed by atoms with Crippen LogP contribution in [0.2, 0.25) is 0 Å². The lowest BCUT2D eigenvalue weighted by Gasteiger charge is -1.95. The van der Waals surface area contributed by atoms with Crippen molar-refractivity contribution in [2.75, 3.05) is 5.73 Å². The molecule has 6 heteroatoms. The number of rotatable bonds is 2. The van der Waals surface area contributed by atoms with Crippen LogP contribution in [0.5, 0.6) is 0 Å². The summed E-state index contributed by atoms with van der Waals surface area (Å²) >= 11 is 0. The summed E-state index contributed by atoms with van der Waals surface area (Å²) in [6, 6.07) is 0. The fourth-order valence-corrected chi connectivity index (χ4v) is 1.45. The molecule has 0 aliphatic rings. The number of aromatic amines is 1. The van der Waals surface area contributed by atoms with Crippen LogP contribution in [-0.2, 0) is 13.5 Å². The molecular weight excluding hydrogens is 180 g/mol. The zero-order chi connectivity index (χ0) is 10.1. The van der Waals surface area contributed by atoms with E-state index in [1.807, 2.05) is 14.0 Å². The molecule has 0 saturated carbocycles. The van der Waals surface area contributed by atoms with E-state index >= 15 is 0 Å². The van der Waals surface area contributed by atoms with Gasteiger partial charge in [-0.15, -0.1) is 0 Å². The predicted molar refractivity (Wildman–Crippen MR) is 52.4 cm³/mol. The molecule has 74 valence electrons. The van der Waals surface area contributed by atoms with Crippen molar-refractivity contribution in [3.63, 3.8) is 0 Å². The van der Waals surface area contributed by atoms with Crippen LogP contribution >= 0.6 is 0 Å². The van der Waals surface area contributed by atoms with E-state index in [-0.39, 0.29) is 0 Å². The number of nitrogens with zero attached hydrogens (tertiary/aromatic N) is 4. The standard InChI is InChI=1S/C8H12N6/c1-3-5-7(6-4-10-13-11-6)12-14(2)8(5)9/h4H,3,9H2,1-2H3,(H,10,11,13). The molecule has 3 N–H and O–H groups in total. The molecule has 0 aliphatic carbocycles. The Morgan fingerprint density at radius 1 is 1.57 bits per heavy atom. The molecule has 0 aliphatic heterocycles. The zero-order valence-electron chi connectivity index (χ0n) is 8.15. The maximum atomic E-state index is 5.86. The van der Waals surface area contributed by atoms with Crippen LogP contribution in [-0.4, -0.2) is 25.2 Å². The number of H-pyrrole nitrogens is 1. The van der Waals surface area contributed by atoms with Gasteiger partial charge in [0.05, 0.1) is 6.20 Å². The number of anilines is 1. The zero-order valence-corrected chi connectivity index (χ0v) is 8.15. The van der Waals surface area contributed by atoms with E-state index in [4.69, 9.17) is 5.73 Å². The quantitative estimate of drug-likeness (QED) is 0.718. The van der Waals surface area contributed by atoms with Crippen LogP contribution in [0.25, 0.3) is 11.4 Å². The fourth-order valence-electron chi connectivity index (χ4n) is 1.45. The first-order valence-corrected chi connectivity index (χ1v) is 4.41. The van der Waals surface area contributed by atoms with Crippen molar-refractivity contribution in [1.82, 2.24) is 25.2 Å². The fraction of sp³-hybridized carbons (Fsp3) is 0.375. The first-order valence-electron chi connectivity index (χ1n) is 4.41. The average Bonchev–Trinajstić information content (AvgIpc) is 2.76. The third kappa shape index (κ3) is 1.15. The highest BCUT2D eigenvalue weighted by Crippen LogP contribution is 2.24. The molecule has 2 aromatic heterocycles. The van der Waals surface area contributed by atoms with Crippen LogP contribution in [0, 0.1) is 0 Å². The molecule has 0 saturated heterocycles. The second-order valence-electron chi connectivity index (χ2n) is 3.04. The van der Waals surface area contributed by atoms with Crippen molar-refractivity contribution in [3.8, 4) is 11.4 Å². The second-order valence-corrected chi connectivity index (χ2v) is 3.04. The van der Waals surface area contributed by atoms with Gasteiger partial charge in [0.2, 0.25) is 0 Å². The van der Waals surface area contributed by atoms with Gasteiger partial charge in [-0.25, -0.2) is 0 Å². The lowest BCUT2D eigenvalue weighted by Crippen LogP contribution is -1.98. The molecule has 2 aromatic rings. The summed E-state index contributed by atoms with van der Waals surface area (Å²) < 4.78 is 1.66. The summed E-state index contributed by atoms with van der Waals surface area (Å²) in [5, 5.41) is 14.6. The van der Waals surface area contributed by atoms with Gasteiger partial charge < -0.3 is 5.73 Å². The molecule has 2 rings (SSSR count). The number of nitrogens with one attached hydrogen (secondary N) is 1. The Kier molecular flexibility index (Phi) is 1.95. The SMILES string of the molecule is CCc1c(-c2cn[nH]n2)nn(C)c1N. The Morgan fingerprint density at radius 2 is 2.36 bits per heavy atom. The van der Waals surface area contributed by atoms with Gasteiger partial charge in [-0.3, -0.25) is 4.68 Å². The number of aryl methyl sites for hydroxylation is 1. The lowest BCUT2D eigenvalue weighted by molar-refractivity contribution is 0.780. The minimum Gasteiger partial charge on any atom is -0.384 e. The monoisotopic (exact) mass is 192 g/mol. The van der Waals surface area contributed by atoms with Crippen molar-refractivity contribution < 1.29 is 0 Å². The highest BCUT2D eigenvalue weighted by Gasteiger charge is 2.15. The molecule has 14 heavy (non-hydrogen) atoms. The van der Waals surface area contributed by atoms with E-state index in [1.54, 1.807) is 10.9 Å². The van der Waals surface area contributed by atoms with Gasteiger partial charge in [-0.1, -0.05) is 6.92 Å². The average molecular weight is 192 g/mol. The summed E-state index contributed by atoms with van der Waals surface area (Å²) in [6.07, 6.45) is 2.47. The lowest BCUT2D eigenvalue weighted by atomic mass is 10.1. The van der Waals surface area contributed by atoms with Crippen molar-refractivity contribution >= 4 is 5.82 Å². The van der Waals surface area contributed by atoms with Crippen molar-refractivity contribution in [1.29, 1.82) is 0 Å². The highest BCUT2D eigenvalue weighted by molar-refractivity contribution is 5.64. The number of nitrogen functional groups attached to an aromatic ring is 1. The second kappa shape index (κ2) is 3.13. The predicted octanol–water partition coefficient (Wildman–Crippen LogP) is 0.350. The van der Waals surface area contributed by atoms with Gasteiger partial charge >= 0.3 is 0 Å². The highest BCUT2D eigenvalue weighted by atomic mass is 15.3. The van der Waals surface area contributed by atoms with Crippen molar-refractivity contribution in [2.45, 2.75) is 13.3 Å². The molecule has 0 atom stereocenters. The van der Waals surface area contributed by atoms with E-state index in [1.165, 1.54) is 0 Å². The van der Waals surface area contributed by atoms with Gasteiger partial charge in [-0.2, -0.15) is 20.5 Å². The summed E-state index contributed by atoms with van der Waals surface area (Å²) in [7, 11) is 1.82. The Balaban J connectivity index is 2.59. The maximum Gasteiger partial charge on any atom is 0.133 e. The normalized spacial score (nSPS) is 10.7. The van der Waals surface area contributed by atoms with Crippen LogP contribution in [0.3, 0.4) is 0 Å². The van der Waals surface area contributed by atoms with Gasteiger partial charge in [0.1, 0.15) is 17.2 Å². The molecule has 0 bridgehead atoms. The first-order chi connectivity index (χ1) is 6.74. The molecule has 0 radical (unpaired) electrons. The summed E-state index contributed by atoms with van der Waals surface area (Å²) in [5.41, 5.74) is 8.41. The topological polar surface area (TPSA) is 85.4 Å². The minimum absolute atomic E-state index is 0.686. The molecule has 0 fully saturated rings. The van der Waals surface area contributed by atoms with Crippen LogP contribution in [0.1, 0.15) is 12.5 Å². The van der Waals surface area contributed by atoms with Crippen molar-refractivity contribution in [3.05, 3.63) is 11.8 Å². The molecule has 6 nitrogen and oxygen atoms in total. The first kappa shape index (κ1) is 8.74. The summed E-state index contributed by atoms with van der Waals surface area (Å²) in [4.78, 5) is 0. The van der Waals surface area contributed by atoms with E-state index in [9.17, 15) is 0 Å². The number of aromatic nitrogens is 5. The summed E-state index contributed by atoms with van der Waals surface area (Å²) in [5.74, 6) is 0.686. The molecule has 0 spiro atoms. The molecule has 0 aromatic carbocycles. The minimum atomic E-state index is 0.686. The smallest absolute Gasteiger partial charge is 0.133 e. The molecule has 2 heterocycles. The van der Waals surface area contributed by atoms with Crippen LogP contribution in [0.4, 0.5) is 5.82 Å². The Bertz CT molecular complexity index is 427.